The highest BCUT2D eigenvalue weighted by Gasteiger charge is 2.47. The highest BCUT2D eigenvalue weighted by Crippen LogP contribution is 2.45. The summed E-state index contributed by atoms with van der Waals surface area (Å²) in [6.07, 6.45) is 0. The Morgan fingerprint density at radius 1 is 0.956 bits per heavy atom. The first kappa shape index (κ1) is 28.6. The van der Waals surface area contributed by atoms with Crippen LogP contribution in [0.3, 0.4) is 0 Å². The van der Waals surface area contributed by atoms with Gasteiger partial charge in [0, 0.05) is 11.1 Å². The number of thioether (sulfide) groups is 1. The lowest BCUT2D eigenvalue weighted by Crippen LogP contribution is -2.31. The number of carbonyl (C=O) groups is 2. The number of aliphatic hydroxyl groups is 1. The first-order valence-corrected chi connectivity index (χ1v) is 15.7. The SMILES string of the molecule is COc1cccc(C2C(C(=O)c3cc4cccc(OC)c4o3)=C(O)C(=O)N2c2nnc(SCc3cccc4ccccc34)s2)c1. The van der Waals surface area contributed by atoms with Crippen LogP contribution >= 0.6 is 23.1 Å². The minimum absolute atomic E-state index is 0.0396. The van der Waals surface area contributed by atoms with Gasteiger partial charge < -0.3 is 19.0 Å². The minimum Gasteiger partial charge on any atom is -0.503 e. The highest BCUT2D eigenvalue weighted by atomic mass is 32.2. The molecule has 0 bridgehead atoms. The molecule has 1 unspecified atom stereocenters. The predicted molar refractivity (Wildman–Crippen MR) is 173 cm³/mol. The standard InChI is InChI=1S/C34H25N3O6S2/c1-41-23-13-6-10-20(16-23)28-27(29(38)26-17-21-11-7-15-25(42-2)31(21)43-26)30(39)32(40)37(28)33-35-36-34(45-33)44-18-22-12-5-9-19-8-3-4-14-24(19)22/h3-17,28,39H,18H2,1-2H3. The fourth-order valence-corrected chi connectivity index (χ4v) is 7.39. The summed E-state index contributed by atoms with van der Waals surface area (Å²) in [6.45, 7) is 0. The van der Waals surface area contributed by atoms with Crippen LogP contribution in [0.15, 0.2) is 111 Å². The van der Waals surface area contributed by atoms with E-state index in [1.54, 1.807) is 48.5 Å². The zero-order valence-electron chi connectivity index (χ0n) is 24.1. The monoisotopic (exact) mass is 635 g/mol. The molecule has 1 N–H and O–H groups in total. The number of fused-ring (bicyclic) bond motifs is 2. The molecule has 0 radical (unpaired) electrons. The maximum atomic E-state index is 14.1. The third kappa shape index (κ3) is 5.09. The number of anilines is 1. The molecule has 3 heterocycles. The lowest BCUT2D eigenvalue weighted by atomic mass is 9.95. The molecule has 0 aliphatic carbocycles. The normalized spacial score (nSPS) is 14.9. The summed E-state index contributed by atoms with van der Waals surface area (Å²) < 4.78 is 17.4. The molecule has 6 aromatic rings. The van der Waals surface area contributed by atoms with E-state index in [1.807, 2.05) is 18.2 Å². The van der Waals surface area contributed by atoms with Gasteiger partial charge in [0.25, 0.3) is 5.91 Å². The molecular formula is C34H25N3O6S2. The van der Waals surface area contributed by atoms with E-state index >= 15 is 0 Å². The smallest absolute Gasteiger partial charge is 0.296 e. The van der Waals surface area contributed by atoms with E-state index < -0.39 is 23.5 Å². The van der Waals surface area contributed by atoms with Crippen LogP contribution in [-0.2, 0) is 10.5 Å². The summed E-state index contributed by atoms with van der Waals surface area (Å²) >= 11 is 2.71. The first-order valence-electron chi connectivity index (χ1n) is 13.9. The van der Waals surface area contributed by atoms with Gasteiger partial charge in [-0.1, -0.05) is 89.8 Å². The number of amides is 1. The molecule has 1 aliphatic rings. The van der Waals surface area contributed by atoms with Gasteiger partial charge in [0.05, 0.1) is 25.8 Å². The third-order valence-corrected chi connectivity index (χ3v) is 9.75. The average Bonchev–Trinajstić information content (AvgIpc) is 3.79. The van der Waals surface area contributed by atoms with Gasteiger partial charge in [0.15, 0.2) is 27.2 Å². The van der Waals surface area contributed by atoms with Crippen LogP contribution in [0.2, 0.25) is 0 Å². The molecule has 4 aromatic carbocycles. The lowest BCUT2D eigenvalue weighted by molar-refractivity contribution is -0.117. The summed E-state index contributed by atoms with van der Waals surface area (Å²) in [7, 11) is 3.04. The van der Waals surface area contributed by atoms with Crippen molar-refractivity contribution < 1.29 is 28.6 Å². The summed E-state index contributed by atoms with van der Waals surface area (Å²) in [5.74, 6) is -0.490. The maximum absolute atomic E-state index is 14.1. The van der Waals surface area contributed by atoms with Crippen LogP contribution in [-0.4, -0.2) is 41.2 Å². The Morgan fingerprint density at radius 3 is 2.58 bits per heavy atom. The van der Waals surface area contributed by atoms with Crippen molar-refractivity contribution >= 4 is 61.7 Å². The Morgan fingerprint density at radius 2 is 1.73 bits per heavy atom. The molecule has 0 saturated heterocycles. The van der Waals surface area contributed by atoms with Gasteiger partial charge in [-0.05, 0) is 46.2 Å². The molecular weight excluding hydrogens is 611 g/mol. The summed E-state index contributed by atoms with van der Waals surface area (Å²) in [6, 6.07) is 27.2. The number of nitrogens with zero attached hydrogens (tertiary/aromatic N) is 3. The van der Waals surface area contributed by atoms with E-state index in [9.17, 15) is 14.7 Å². The molecule has 7 rings (SSSR count). The van der Waals surface area contributed by atoms with Crippen molar-refractivity contribution in [1.29, 1.82) is 0 Å². The molecule has 0 fully saturated rings. The van der Waals surface area contributed by atoms with Gasteiger partial charge in [-0.2, -0.15) is 0 Å². The number of methoxy groups -OCH3 is 2. The second-order valence-electron chi connectivity index (χ2n) is 10.2. The van der Waals surface area contributed by atoms with Crippen molar-refractivity contribution in [3.05, 3.63) is 119 Å². The van der Waals surface area contributed by atoms with Crippen molar-refractivity contribution in [2.24, 2.45) is 0 Å². The Labute approximate surface area is 265 Å². The second kappa shape index (κ2) is 11.8. The molecule has 45 heavy (non-hydrogen) atoms. The number of carbonyl (C=O) groups excluding carboxylic acids is 2. The van der Waals surface area contributed by atoms with Crippen LogP contribution in [0.4, 0.5) is 5.13 Å². The summed E-state index contributed by atoms with van der Waals surface area (Å²) in [5, 5.41) is 23.1. The number of benzene rings is 4. The van der Waals surface area contributed by atoms with Crippen LogP contribution in [0.1, 0.15) is 27.7 Å². The molecule has 1 atom stereocenters. The maximum Gasteiger partial charge on any atom is 0.296 e. The molecule has 0 spiro atoms. The number of hydrogen-bond donors (Lipinski definition) is 1. The number of rotatable bonds is 9. The molecule has 0 saturated carbocycles. The number of aliphatic hydroxyl groups excluding tert-OH is 1. The number of aromatic nitrogens is 2. The zero-order chi connectivity index (χ0) is 31.1. The number of hydrogen-bond acceptors (Lipinski definition) is 10. The third-order valence-electron chi connectivity index (χ3n) is 7.65. The predicted octanol–water partition coefficient (Wildman–Crippen LogP) is 7.53. The highest BCUT2D eigenvalue weighted by molar-refractivity contribution is 8.00. The number of para-hydroxylation sites is 1. The van der Waals surface area contributed by atoms with E-state index in [2.05, 4.69) is 34.5 Å². The van der Waals surface area contributed by atoms with Crippen molar-refractivity contribution in [2.45, 2.75) is 16.1 Å². The van der Waals surface area contributed by atoms with Crippen molar-refractivity contribution in [1.82, 2.24) is 10.2 Å². The number of furan rings is 1. The van der Waals surface area contributed by atoms with Gasteiger partial charge in [0.2, 0.25) is 10.9 Å². The van der Waals surface area contributed by atoms with Gasteiger partial charge in [-0.15, -0.1) is 10.2 Å². The molecule has 224 valence electrons. The van der Waals surface area contributed by atoms with Crippen LogP contribution in [0.25, 0.3) is 21.7 Å². The lowest BCUT2D eigenvalue weighted by Gasteiger charge is -2.24. The Kier molecular flexibility index (Phi) is 7.48. The first-order chi connectivity index (χ1) is 22.0. The van der Waals surface area contributed by atoms with Crippen LogP contribution < -0.4 is 14.4 Å². The molecule has 1 aliphatic heterocycles. The van der Waals surface area contributed by atoms with Gasteiger partial charge in [-0.3, -0.25) is 14.5 Å². The van der Waals surface area contributed by atoms with E-state index in [0.29, 0.717) is 38.1 Å². The molecule has 1 amide bonds. The van der Waals surface area contributed by atoms with Crippen molar-refractivity contribution in [3.8, 4) is 11.5 Å². The largest absolute Gasteiger partial charge is 0.503 e. The summed E-state index contributed by atoms with van der Waals surface area (Å²) in [5.41, 5.74) is 1.95. The van der Waals surface area contributed by atoms with Crippen LogP contribution in [0.5, 0.6) is 11.5 Å². The van der Waals surface area contributed by atoms with E-state index in [0.717, 1.165) is 16.3 Å². The second-order valence-corrected chi connectivity index (χ2v) is 12.4. The van der Waals surface area contributed by atoms with Crippen molar-refractivity contribution in [2.75, 3.05) is 19.1 Å². The molecule has 9 nitrogen and oxygen atoms in total. The minimum atomic E-state index is -1.01. The van der Waals surface area contributed by atoms with Gasteiger partial charge in [0.1, 0.15) is 5.75 Å². The molecule has 11 heteroatoms. The Bertz CT molecular complexity index is 2130. The fraction of sp³-hybridized carbons (Fsp3) is 0.118. The fourth-order valence-electron chi connectivity index (χ4n) is 5.52. The van der Waals surface area contributed by atoms with E-state index in [-0.39, 0.29) is 16.5 Å². The quantitative estimate of drug-likeness (QED) is 0.0978. The average molecular weight is 636 g/mol. The van der Waals surface area contributed by atoms with Gasteiger partial charge in [-0.25, -0.2) is 0 Å². The number of ketones is 1. The molecule has 2 aromatic heterocycles. The van der Waals surface area contributed by atoms with Crippen LogP contribution in [0, 0.1) is 0 Å². The van der Waals surface area contributed by atoms with E-state index in [4.69, 9.17) is 13.9 Å². The topological polar surface area (TPSA) is 115 Å². The van der Waals surface area contributed by atoms with Crippen molar-refractivity contribution in [3.63, 3.8) is 0 Å². The Balaban J connectivity index is 1.25. The number of Topliss-reactive ketones (excluding diaryl/α,β-unsaturated/α-hetero) is 1. The zero-order valence-corrected chi connectivity index (χ0v) is 25.7. The Hall–Kier alpha value is -5.13. The van der Waals surface area contributed by atoms with Gasteiger partial charge >= 0.3 is 0 Å². The van der Waals surface area contributed by atoms with E-state index in [1.165, 1.54) is 42.2 Å². The summed E-state index contributed by atoms with van der Waals surface area (Å²) in [4.78, 5) is 29.1. The number of ether oxygens (including phenoxy) is 2.